The molecule has 4 rings (SSSR count). The third-order valence-corrected chi connectivity index (χ3v) is 5.57. The minimum absolute atomic E-state index is 0.0163. The fraction of sp³-hybridized carbons (Fsp3) is 0.158. The Bertz CT molecular complexity index is 972. The van der Waals surface area contributed by atoms with Crippen molar-refractivity contribution in [2.24, 2.45) is 0 Å². The number of nitrogens with one attached hydrogen (secondary N) is 2. The molecule has 0 aliphatic carbocycles. The van der Waals surface area contributed by atoms with Gasteiger partial charge < -0.3 is 15.4 Å². The Balaban J connectivity index is 1.53. The van der Waals surface area contributed by atoms with Crippen LogP contribution in [0.25, 0.3) is 10.6 Å². The van der Waals surface area contributed by atoms with Crippen LogP contribution in [-0.4, -0.2) is 17.5 Å². The minimum atomic E-state index is -0.178. The molecule has 1 aliphatic rings. The maximum absolute atomic E-state index is 11.4. The number of benzene rings is 2. The van der Waals surface area contributed by atoms with E-state index in [1.807, 2.05) is 31.2 Å². The van der Waals surface area contributed by atoms with Crippen LogP contribution in [0.2, 0.25) is 5.02 Å². The predicted octanol–water partition coefficient (Wildman–Crippen LogP) is 4.71. The lowest BCUT2D eigenvalue weighted by molar-refractivity contribution is -0.118. The first-order chi connectivity index (χ1) is 12.6. The summed E-state index contributed by atoms with van der Waals surface area (Å²) in [5, 5.41) is 7.62. The molecule has 0 saturated carbocycles. The molecule has 1 aliphatic heterocycles. The van der Waals surface area contributed by atoms with Crippen molar-refractivity contribution in [2.75, 3.05) is 17.2 Å². The number of hydrogen-bond donors (Lipinski definition) is 2. The summed E-state index contributed by atoms with van der Waals surface area (Å²) in [4.78, 5) is 17.2. The van der Waals surface area contributed by atoms with Crippen molar-refractivity contribution in [3.05, 3.63) is 58.1 Å². The fourth-order valence-electron chi connectivity index (χ4n) is 2.71. The van der Waals surface area contributed by atoms with Crippen molar-refractivity contribution >= 4 is 40.2 Å². The second kappa shape index (κ2) is 6.97. The van der Waals surface area contributed by atoms with Gasteiger partial charge in [0.15, 0.2) is 6.61 Å². The van der Waals surface area contributed by atoms with Crippen LogP contribution in [-0.2, 0) is 11.3 Å². The Hall–Kier alpha value is -2.57. The van der Waals surface area contributed by atoms with Gasteiger partial charge in [-0.2, -0.15) is 0 Å². The second-order valence-electron chi connectivity index (χ2n) is 5.91. The highest BCUT2D eigenvalue weighted by Crippen LogP contribution is 2.37. The zero-order valence-electron chi connectivity index (χ0n) is 14.0. The normalized spacial score (nSPS) is 12.9. The van der Waals surface area contributed by atoms with E-state index in [4.69, 9.17) is 16.3 Å². The van der Waals surface area contributed by atoms with Crippen LogP contribution in [0.1, 0.15) is 10.6 Å². The number of thiazole rings is 1. The molecular weight excluding hydrogens is 370 g/mol. The van der Waals surface area contributed by atoms with E-state index < -0.39 is 0 Å². The smallest absolute Gasteiger partial charge is 0.262 e. The van der Waals surface area contributed by atoms with E-state index in [2.05, 4.69) is 27.8 Å². The second-order valence-corrected chi connectivity index (χ2v) is 7.40. The largest absolute Gasteiger partial charge is 0.482 e. The molecule has 0 saturated heterocycles. The molecule has 7 heteroatoms. The number of aromatic nitrogens is 1. The monoisotopic (exact) mass is 385 g/mol. The molecule has 5 nitrogen and oxygen atoms in total. The Labute approximate surface area is 160 Å². The van der Waals surface area contributed by atoms with Gasteiger partial charge in [0, 0.05) is 16.5 Å². The van der Waals surface area contributed by atoms with Gasteiger partial charge in [0.05, 0.1) is 28.6 Å². The zero-order chi connectivity index (χ0) is 18.1. The van der Waals surface area contributed by atoms with Crippen LogP contribution in [0.3, 0.4) is 0 Å². The summed E-state index contributed by atoms with van der Waals surface area (Å²) in [6.45, 7) is 2.64. The van der Waals surface area contributed by atoms with Crippen molar-refractivity contribution in [3.63, 3.8) is 0 Å². The minimum Gasteiger partial charge on any atom is -0.482 e. The van der Waals surface area contributed by atoms with Crippen molar-refractivity contribution in [1.29, 1.82) is 0 Å². The van der Waals surface area contributed by atoms with Gasteiger partial charge >= 0.3 is 0 Å². The number of nitrogens with zero attached hydrogens (tertiary/aromatic N) is 1. The highest BCUT2D eigenvalue weighted by Gasteiger charge is 2.18. The molecule has 0 unspecified atom stereocenters. The summed E-state index contributed by atoms with van der Waals surface area (Å²) in [5.74, 6) is 0.436. The molecule has 0 atom stereocenters. The number of amides is 1. The van der Waals surface area contributed by atoms with Gasteiger partial charge in [0.1, 0.15) is 10.8 Å². The Morgan fingerprint density at radius 2 is 2.12 bits per heavy atom. The number of ether oxygens (including phenoxy) is 1. The maximum Gasteiger partial charge on any atom is 0.262 e. The van der Waals surface area contributed by atoms with E-state index >= 15 is 0 Å². The molecule has 2 aromatic carbocycles. The topological polar surface area (TPSA) is 63.2 Å². The zero-order valence-corrected chi connectivity index (χ0v) is 15.6. The van der Waals surface area contributed by atoms with Crippen LogP contribution in [0, 0.1) is 6.92 Å². The molecule has 1 aromatic heterocycles. The molecule has 0 spiro atoms. The number of aryl methyl sites for hydroxylation is 1. The third-order valence-electron chi connectivity index (χ3n) is 4.05. The number of halogens is 1. The number of fused-ring (bicyclic) bond motifs is 1. The highest BCUT2D eigenvalue weighted by molar-refractivity contribution is 7.15. The van der Waals surface area contributed by atoms with Gasteiger partial charge in [0.2, 0.25) is 0 Å². The third kappa shape index (κ3) is 3.38. The highest BCUT2D eigenvalue weighted by atomic mass is 35.5. The number of rotatable bonds is 4. The number of anilines is 2. The molecule has 3 aromatic rings. The van der Waals surface area contributed by atoms with Gasteiger partial charge in [0.25, 0.3) is 5.91 Å². The number of carbonyl (C=O) groups excluding carboxylic acids is 1. The quantitative estimate of drug-likeness (QED) is 0.682. The fourth-order valence-corrected chi connectivity index (χ4v) is 3.95. The van der Waals surface area contributed by atoms with E-state index in [-0.39, 0.29) is 12.5 Å². The van der Waals surface area contributed by atoms with Gasteiger partial charge in [-0.05, 0) is 13.0 Å². The van der Waals surface area contributed by atoms with Crippen molar-refractivity contribution in [2.45, 2.75) is 13.5 Å². The Morgan fingerprint density at radius 3 is 2.92 bits per heavy atom. The first-order valence-corrected chi connectivity index (χ1v) is 9.31. The molecule has 0 bridgehead atoms. The summed E-state index contributed by atoms with van der Waals surface area (Å²) in [6.07, 6.45) is 0. The van der Waals surface area contributed by atoms with E-state index in [0.717, 1.165) is 26.8 Å². The Morgan fingerprint density at radius 1 is 1.31 bits per heavy atom. The van der Waals surface area contributed by atoms with E-state index in [1.165, 1.54) is 0 Å². The number of hydrogen-bond acceptors (Lipinski definition) is 5. The van der Waals surface area contributed by atoms with Crippen molar-refractivity contribution < 1.29 is 9.53 Å². The first-order valence-electron chi connectivity index (χ1n) is 8.12. The standard InChI is InChI=1S/C19H16ClN3O2S/c1-11-17(26-19(22-11)12-5-3-2-4-6-12)9-21-14-8-16-15(7-13(14)20)23-18(24)10-25-16/h2-8,21H,9-10H2,1H3,(H,23,24). The van der Waals surface area contributed by atoms with Crippen LogP contribution < -0.4 is 15.4 Å². The lowest BCUT2D eigenvalue weighted by Crippen LogP contribution is -2.25. The van der Waals surface area contributed by atoms with Crippen molar-refractivity contribution in [3.8, 4) is 16.3 Å². The van der Waals surface area contributed by atoms with Gasteiger partial charge in [-0.1, -0.05) is 41.9 Å². The number of carbonyl (C=O) groups is 1. The SMILES string of the molecule is Cc1nc(-c2ccccc2)sc1CNc1cc2c(cc1Cl)NC(=O)CO2. The van der Waals surface area contributed by atoms with Crippen LogP contribution in [0.15, 0.2) is 42.5 Å². The van der Waals surface area contributed by atoms with E-state index in [0.29, 0.717) is 23.0 Å². The molecule has 0 fully saturated rings. The summed E-state index contributed by atoms with van der Waals surface area (Å²) >= 11 is 8.00. The summed E-state index contributed by atoms with van der Waals surface area (Å²) in [5.41, 5.74) is 3.47. The van der Waals surface area contributed by atoms with Gasteiger partial charge in [-0.15, -0.1) is 11.3 Å². The van der Waals surface area contributed by atoms with E-state index in [9.17, 15) is 4.79 Å². The van der Waals surface area contributed by atoms with Gasteiger partial charge in [-0.25, -0.2) is 4.98 Å². The van der Waals surface area contributed by atoms with Crippen molar-refractivity contribution in [1.82, 2.24) is 4.98 Å². The summed E-state index contributed by atoms with van der Waals surface area (Å²) < 4.78 is 5.45. The van der Waals surface area contributed by atoms with Crippen LogP contribution in [0.4, 0.5) is 11.4 Å². The summed E-state index contributed by atoms with van der Waals surface area (Å²) in [6, 6.07) is 13.6. The molecule has 132 valence electrons. The average Bonchev–Trinajstić information content (AvgIpc) is 3.01. The summed E-state index contributed by atoms with van der Waals surface area (Å²) in [7, 11) is 0. The first kappa shape index (κ1) is 16.9. The molecule has 0 radical (unpaired) electrons. The van der Waals surface area contributed by atoms with Crippen LogP contribution in [0.5, 0.6) is 5.75 Å². The predicted molar refractivity (Wildman–Crippen MR) is 105 cm³/mol. The van der Waals surface area contributed by atoms with E-state index in [1.54, 1.807) is 17.4 Å². The lowest BCUT2D eigenvalue weighted by Gasteiger charge is -2.20. The van der Waals surface area contributed by atoms with Crippen LogP contribution >= 0.6 is 22.9 Å². The average molecular weight is 386 g/mol. The lowest BCUT2D eigenvalue weighted by atomic mass is 10.2. The molecular formula is C19H16ClN3O2S. The molecule has 26 heavy (non-hydrogen) atoms. The molecule has 2 N–H and O–H groups in total. The maximum atomic E-state index is 11.4. The molecule has 2 heterocycles. The molecule has 1 amide bonds. The Kier molecular flexibility index (Phi) is 4.53. The van der Waals surface area contributed by atoms with Gasteiger partial charge in [-0.3, -0.25) is 4.79 Å².